The van der Waals surface area contributed by atoms with E-state index in [2.05, 4.69) is 20.8 Å². The van der Waals surface area contributed by atoms with Gasteiger partial charge < -0.3 is 89.1 Å². The van der Waals surface area contributed by atoms with Crippen LogP contribution < -0.4 is 0 Å². The van der Waals surface area contributed by atoms with Gasteiger partial charge in [-0.1, -0.05) is 265 Å². The number of aliphatic hydroxyl groups excluding tert-OH is 10. The van der Waals surface area contributed by atoms with E-state index in [1.54, 1.807) is 0 Å². The molecule has 2 aliphatic heterocycles. The molecule has 96 heavy (non-hydrogen) atoms. The lowest BCUT2D eigenvalue weighted by molar-refractivity contribution is -0.360. The molecule has 3 aliphatic rings. The second-order valence-electron chi connectivity index (χ2n) is 27.4. The van der Waals surface area contributed by atoms with E-state index in [4.69, 9.17) is 42.2 Å². The van der Waals surface area contributed by atoms with E-state index in [-0.39, 0.29) is 19.3 Å². The number of ether oxygens (including phenoxy) is 7. The van der Waals surface area contributed by atoms with E-state index in [1.165, 1.54) is 154 Å². The first kappa shape index (κ1) is 88.2. The van der Waals surface area contributed by atoms with Crippen LogP contribution in [0.15, 0.2) is 0 Å². The maximum Gasteiger partial charge on any atom is 0.472 e. The van der Waals surface area contributed by atoms with Gasteiger partial charge in [0.05, 0.1) is 13.2 Å². The standard InChI is InChI=1S/C71H133O24P/c1-4-7-10-13-16-19-22-25-28-31-34-37-40-43-46-56(74)88-51-54-59(77)61(79)66(84)71(92-54)94-68-64(82)62(80)63(81)67(93-70-65(83)60(78)58(76)53(48-72)91-70)69(68)95-96(85,86)89-50-52(49-87-55(73)45-42-39-36-33-30-27-24-21-18-15-12-9-6-3)90-57(75)47-44-41-38-35-32-29-26-23-20-17-14-11-8-5-2/h52-54,58-72,76-84H,4-51H2,1-3H3,(H,85,86). The Hall–Kier alpha value is -2.04. The zero-order valence-electron chi connectivity index (χ0n) is 58.9. The molecular formula is C71H133O24P. The molecule has 1 aliphatic carbocycles. The van der Waals surface area contributed by atoms with Crippen molar-refractivity contribution in [3.05, 3.63) is 0 Å². The highest BCUT2D eigenvalue weighted by Crippen LogP contribution is 2.49. The molecule has 18 unspecified atom stereocenters. The normalized spacial score (nSPS) is 27.9. The summed E-state index contributed by atoms with van der Waals surface area (Å²) in [6, 6.07) is 0. The van der Waals surface area contributed by atoms with Crippen LogP contribution >= 0.6 is 7.82 Å². The highest BCUT2D eigenvalue weighted by molar-refractivity contribution is 7.47. The summed E-state index contributed by atoms with van der Waals surface area (Å²) < 4.78 is 65.0. The molecule has 2 saturated heterocycles. The maximum atomic E-state index is 14.3. The number of esters is 3. The molecule has 24 nitrogen and oxygen atoms in total. The number of phosphoric ester groups is 1. The van der Waals surface area contributed by atoms with E-state index in [0.29, 0.717) is 19.3 Å². The van der Waals surface area contributed by atoms with Crippen molar-refractivity contribution in [2.45, 2.75) is 407 Å². The van der Waals surface area contributed by atoms with E-state index >= 15 is 0 Å². The predicted molar refractivity (Wildman–Crippen MR) is 361 cm³/mol. The Labute approximate surface area is 574 Å². The van der Waals surface area contributed by atoms with Gasteiger partial charge in [0.2, 0.25) is 0 Å². The van der Waals surface area contributed by atoms with Crippen molar-refractivity contribution in [1.29, 1.82) is 0 Å². The van der Waals surface area contributed by atoms with Gasteiger partial charge in [-0.2, -0.15) is 0 Å². The van der Waals surface area contributed by atoms with Gasteiger partial charge in [-0.15, -0.1) is 0 Å². The first-order valence-electron chi connectivity index (χ1n) is 37.8. The number of rotatable bonds is 59. The summed E-state index contributed by atoms with van der Waals surface area (Å²) in [5.74, 6) is -1.97. The minimum Gasteiger partial charge on any atom is -0.463 e. The van der Waals surface area contributed by atoms with E-state index in [9.17, 15) is 74.9 Å². The summed E-state index contributed by atoms with van der Waals surface area (Å²) >= 11 is 0. The molecule has 0 bridgehead atoms. The van der Waals surface area contributed by atoms with Crippen LogP contribution in [0.4, 0.5) is 0 Å². The number of aliphatic hydroxyl groups is 10. The smallest absolute Gasteiger partial charge is 0.463 e. The summed E-state index contributed by atoms with van der Waals surface area (Å²) in [5.41, 5.74) is 0. The average Bonchev–Trinajstić information content (AvgIpc) is 0.766. The van der Waals surface area contributed by atoms with Crippen LogP contribution in [0.5, 0.6) is 0 Å². The Bertz CT molecular complexity index is 1990. The van der Waals surface area contributed by atoms with Crippen LogP contribution in [-0.4, -0.2) is 204 Å². The minimum atomic E-state index is -5.69. The first-order chi connectivity index (χ1) is 46.3. The molecule has 566 valence electrons. The Kier molecular flexibility index (Phi) is 49.4. The molecule has 0 amide bonds. The lowest BCUT2D eigenvalue weighted by Gasteiger charge is -2.49. The second kappa shape index (κ2) is 53.7. The van der Waals surface area contributed by atoms with Crippen LogP contribution in [0.3, 0.4) is 0 Å². The molecule has 3 rings (SSSR count). The third-order valence-electron chi connectivity index (χ3n) is 18.9. The summed E-state index contributed by atoms with van der Waals surface area (Å²) in [5, 5.41) is 110. The monoisotopic (exact) mass is 1400 g/mol. The van der Waals surface area contributed by atoms with Gasteiger partial charge in [-0.05, 0) is 19.3 Å². The average molecular weight is 1400 g/mol. The molecule has 0 aromatic rings. The summed E-state index contributed by atoms with van der Waals surface area (Å²) in [6.45, 7) is 3.46. The summed E-state index contributed by atoms with van der Waals surface area (Å²) in [7, 11) is -5.69. The van der Waals surface area contributed by atoms with Gasteiger partial charge in [-0.3, -0.25) is 23.4 Å². The van der Waals surface area contributed by atoms with Crippen LogP contribution in [0.25, 0.3) is 0 Å². The fraction of sp³-hybridized carbons (Fsp3) is 0.958. The molecule has 0 spiro atoms. The topological polar surface area (TPSA) is 374 Å². The number of phosphoric acid groups is 1. The first-order valence-corrected chi connectivity index (χ1v) is 39.3. The Morgan fingerprint density at radius 3 is 1.02 bits per heavy atom. The summed E-state index contributed by atoms with van der Waals surface area (Å²) in [6.07, 6.45) is 10.2. The van der Waals surface area contributed by atoms with Gasteiger partial charge in [0.25, 0.3) is 0 Å². The van der Waals surface area contributed by atoms with Crippen molar-refractivity contribution in [1.82, 2.24) is 0 Å². The lowest BCUT2D eigenvalue weighted by atomic mass is 9.84. The highest BCUT2D eigenvalue weighted by atomic mass is 31.2. The van der Waals surface area contributed by atoms with Gasteiger partial charge in [0.15, 0.2) is 18.7 Å². The number of hydrogen-bond acceptors (Lipinski definition) is 23. The molecule has 25 heteroatoms. The fourth-order valence-electron chi connectivity index (χ4n) is 12.7. The third-order valence-corrected chi connectivity index (χ3v) is 19.9. The van der Waals surface area contributed by atoms with Gasteiger partial charge in [0, 0.05) is 19.3 Å². The maximum absolute atomic E-state index is 14.3. The predicted octanol–water partition coefficient (Wildman–Crippen LogP) is 10.2. The quantitative estimate of drug-likeness (QED) is 0.0117. The largest absolute Gasteiger partial charge is 0.472 e. The number of carbonyl (C=O) groups is 3. The molecule has 11 N–H and O–H groups in total. The van der Waals surface area contributed by atoms with Crippen molar-refractivity contribution in [3.8, 4) is 0 Å². The lowest BCUT2D eigenvalue weighted by Crippen LogP contribution is -2.69. The van der Waals surface area contributed by atoms with Crippen LogP contribution in [-0.2, 0) is 61.2 Å². The molecule has 0 aromatic heterocycles. The molecule has 18 atom stereocenters. The number of unbranched alkanes of at least 4 members (excludes halogenated alkanes) is 38. The molecule has 1 saturated carbocycles. The van der Waals surface area contributed by atoms with Crippen molar-refractivity contribution in [2.24, 2.45) is 0 Å². The van der Waals surface area contributed by atoms with Crippen molar-refractivity contribution < 1.29 is 117 Å². The SMILES string of the molecule is CCCCCCCCCCCCCCCCC(=O)OCC1OC(OC2C(O)C(O)C(O)C(OC3OC(CO)C(O)C(O)C3O)C2OP(=O)(O)OCC(COC(=O)CCCCCCCCCCCCCCC)OC(=O)CCCCCCCCCCCCCCCC)C(O)C(O)C1O. The van der Waals surface area contributed by atoms with Gasteiger partial charge in [0.1, 0.15) is 98.7 Å². The Morgan fingerprint density at radius 1 is 0.365 bits per heavy atom. The van der Waals surface area contributed by atoms with E-state index in [1.807, 2.05) is 0 Å². The van der Waals surface area contributed by atoms with Crippen molar-refractivity contribution in [3.63, 3.8) is 0 Å². The zero-order chi connectivity index (χ0) is 70.4. The van der Waals surface area contributed by atoms with Crippen LogP contribution in [0, 0.1) is 0 Å². The Balaban J connectivity index is 1.73. The summed E-state index contributed by atoms with van der Waals surface area (Å²) in [4.78, 5) is 51.0. The van der Waals surface area contributed by atoms with Gasteiger partial charge in [-0.25, -0.2) is 4.57 Å². The number of hydrogen-bond donors (Lipinski definition) is 11. The van der Waals surface area contributed by atoms with Crippen LogP contribution in [0.2, 0.25) is 0 Å². The van der Waals surface area contributed by atoms with E-state index < -0.39 is 156 Å². The number of carbonyl (C=O) groups excluding carboxylic acids is 3. The van der Waals surface area contributed by atoms with E-state index in [0.717, 1.165) is 89.9 Å². The molecule has 0 radical (unpaired) electrons. The third kappa shape index (κ3) is 36.7. The minimum absolute atomic E-state index is 0.0332. The second-order valence-corrected chi connectivity index (χ2v) is 28.8. The van der Waals surface area contributed by atoms with Crippen molar-refractivity contribution in [2.75, 3.05) is 26.4 Å². The Morgan fingerprint density at radius 2 is 0.667 bits per heavy atom. The highest BCUT2D eigenvalue weighted by Gasteiger charge is 2.58. The van der Waals surface area contributed by atoms with Crippen LogP contribution in [0.1, 0.15) is 303 Å². The zero-order valence-corrected chi connectivity index (χ0v) is 59.8. The molecular weight excluding hydrogens is 1270 g/mol. The fourth-order valence-corrected chi connectivity index (χ4v) is 13.7. The molecule has 2 heterocycles. The molecule has 0 aromatic carbocycles. The molecule has 3 fully saturated rings. The van der Waals surface area contributed by atoms with Crippen molar-refractivity contribution >= 4 is 25.7 Å². The van der Waals surface area contributed by atoms with Gasteiger partial charge >= 0.3 is 25.7 Å².